The van der Waals surface area contributed by atoms with Gasteiger partial charge in [-0.2, -0.15) is 0 Å². The van der Waals surface area contributed by atoms with E-state index in [-0.39, 0.29) is 6.03 Å². The van der Waals surface area contributed by atoms with Gasteiger partial charge >= 0.3 is 6.03 Å². The molecule has 1 aliphatic rings. The number of anilines is 1. The molecule has 110 valence electrons. The van der Waals surface area contributed by atoms with E-state index >= 15 is 0 Å². The van der Waals surface area contributed by atoms with E-state index in [1.54, 1.807) is 0 Å². The van der Waals surface area contributed by atoms with Crippen LogP contribution in [-0.4, -0.2) is 48.6 Å². The molecule has 1 saturated heterocycles. The van der Waals surface area contributed by atoms with Gasteiger partial charge in [-0.1, -0.05) is 26.0 Å². The molecular formula is C16H25N3O. The van der Waals surface area contributed by atoms with Gasteiger partial charge in [0.2, 0.25) is 0 Å². The van der Waals surface area contributed by atoms with E-state index < -0.39 is 0 Å². The summed E-state index contributed by atoms with van der Waals surface area (Å²) in [5, 5.41) is 2.98. The van der Waals surface area contributed by atoms with Gasteiger partial charge in [0.25, 0.3) is 0 Å². The predicted octanol–water partition coefficient (Wildman–Crippen LogP) is 2.80. The van der Waals surface area contributed by atoms with E-state index in [1.165, 1.54) is 0 Å². The fourth-order valence-electron chi connectivity index (χ4n) is 2.58. The second kappa shape index (κ2) is 6.75. The number of nitrogens with one attached hydrogen (secondary N) is 1. The zero-order chi connectivity index (χ0) is 14.5. The van der Waals surface area contributed by atoms with Crippen LogP contribution in [0.1, 0.15) is 19.4 Å². The number of rotatable bonds is 3. The maximum Gasteiger partial charge on any atom is 0.321 e. The Kier molecular flexibility index (Phi) is 5.01. The summed E-state index contributed by atoms with van der Waals surface area (Å²) in [6.45, 7) is 11.2. The van der Waals surface area contributed by atoms with Gasteiger partial charge in [0, 0.05) is 38.4 Å². The Labute approximate surface area is 121 Å². The summed E-state index contributed by atoms with van der Waals surface area (Å²) >= 11 is 0. The van der Waals surface area contributed by atoms with Crippen LogP contribution >= 0.6 is 0 Å². The molecule has 0 saturated carbocycles. The lowest BCUT2D eigenvalue weighted by molar-refractivity contribution is 0.138. The normalized spacial score (nSPS) is 16.5. The number of carbonyl (C=O) groups is 1. The van der Waals surface area contributed by atoms with Crippen LogP contribution in [0, 0.1) is 12.8 Å². The highest BCUT2D eigenvalue weighted by Gasteiger charge is 2.21. The molecule has 0 spiro atoms. The fraction of sp³-hybridized carbons (Fsp3) is 0.562. The Morgan fingerprint density at radius 3 is 2.55 bits per heavy atom. The van der Waals surface area contributed by atoms with Gasteiger partial charge in [0.15, 0.2) is 0 Å². The van der Waals surface area contributed by atoms with Gasteiger partial charge < -0.3 is 10.2 Å². The van der Waals surface area contributed by atoms with E-state index in [9.17, 15) is 4.79 Å². The Hall–Kier alpha value is -1.55. The van der Waals surface area contributed by atoms with Gasteiger partial charge in [0.05, 0.1) is 0 Å². The van der Waals surface area contributed by atoms with Crippen LogP contribution in [0.5, 0.6) is 0 Å². The molecule has 4 heteroatoms. The van der Waals surface area contributed by atoms with Gasteiger partial charge in [-0.05, 0) is 30.5 Å². The molecule has 20 heavy (non-hydrogen) atoms. The van der Waals surface area contributed by atoms with Crippen molar-refractivity contribution < 1.29 is 4.79 Å². The van der Waals surface area contributed by atoms with Gasteiger partial charge in [-0.3, -0.25) is 4.90 Å². The minimum atomic E-state index is 0.0137. The second-order valence-electron chi connectivity index (χ2n) is 5.98. The van der Waals surface area contributed by atoms with E-state index in [0.717, 1.165) is 44.0 Å². The molecule has 2 amide bonds. The number of hydrogen-bond acceptors (Lipinski definition) is 2. The fourth-order valence-corrected chi connectivity index (χ4v) is 2.58. The maximum absolute atomic E-state index is 12.2. The lowest BCUT2D eigenvalue weighted by Crippen LogP contribution is -2.50. The Bertz CT molecular complexity index is 451. The molecule has 2 rings (SSSR count). The number of nitrogens with zero attached hydrogens (tertiary/aromatic N) is 2. The zero-order valence-corrected chi connectivity index (χ0v) is 12.7. The quantitative estimate of drug-likeness (QED) is 0.920. The van der Waals surface area contributed by atoms with Gasteiger partial charge in [0.1, 0.15) is 0 Å². The first-order valence-electron chi connectivity index (χ1n) is 7.39. The van der Waals surface area contributed by atoms with Crippen LogP contribution in [0.3, 0.4) is 0 Å². The minimum absolute atomic E-state index is 0.0137. The number of hydrogen-bond donors (Lipinski definition) is 1. The molecule has 1 aliphatic heterocycles. The SMILES string of the molecule is Cc1cccc(NC(=O)N2CCN(CC(C)C)CC2)c1. The Balaban J connectivity index is 1.83. The summed E-state index contributed by atoms with van der Waals surface area (Å²) < 4.78 is 0. The molecule has 1 N–H and O–H groups in total. The average Bonchev–Trinajstić information content (AvgIpc) is 2.38. The molecule has 0 aromatic heterocycles. The van der Waals surface area contributed by atoms with Crippen molar-refractivity contribution in [2.75, 3.05) is 38.0 Å². The number of piperazine rings is 1. The molecule has 1 aromatic carbocycles. The number of benzene rings is 1. The number of carbonyl (C=O) groups excluding carboxylic acids is 1. The third-order valence-corrected chi connectivity index (χ3v) is 3.55. The first-order chi connectivity index (χ1) is 9.54. The van der Waals surface area contributed by atoms with Crippen molar-refractivity contribution in [3.05, 3.63) is 29.8 Å². The summed E-state index contributed by atoms with van der Waals surface area (Å²) in [6.07, 6.45) is 0. The van der Waals surface area contributed by atoms with Crippen molar-refractivity contribution in [1.29, 1.82) is 0 Å². The number of aryl methyl sites for hydroxylation is 1. The van der Waals surface area contributed by atoms with Crippen molar-refractivity contribution in [3.63, 3.8) is 0 Å². The van der Waals surface area contributed by atoms with Gasteiger partial charge in [-0.15, -0.1) is 0 Å². The molecule has 1 fully saturated rings. The smallest absolute Gasteiger partial charge is 0.321 e. The first kappa shape index (κ1) is 14.9. The Morgan fingerprint density at radius 2 is 1.95 bits per heavy atom. The highest BCUT2D eigenvalue weighted by Crippen LogP contribution is 2.12. The Morgan fingerprint density at radius 1 is 1.25 bits per heavy atom. The largest absolute Gasteiger partial charge is 0.322 e. The highest BCUT2D eigenvalue weighted by molar-refractivity contribution is 5.89. The van der Waals surface area contributed by atoms with E-state index in [0.29, 0.717) is 5.92 Å². The molecule has 4 nitrogen and oxygen atoms in total. The minimum Gasteiger partial charge on any atom is -0.322 e. The molecular weight excluding hydrogens is 250 g/mol. The molecule has 0 atom stereocenters. The lowest BCUT2D eigenvalue weighted by atomic mass is 10.2. The van der Waals surface area contributed by atoms with Crippen LogP contribution in [0.4, 0.5) is 10.5 Å². The van der Waals surface area contributed by atoms with Crippen LogP contribution < -0.4 is 5.32 Å². The van der Waals surface area contributed by atoms with Crippen LogP contribution in [0.25, 0.3) is 0 Å². The summed E-state index contributed by atoms with van der Waals surface area (Å²) in [7, 11) is 0. The second-order valence-corrected chi connectivity index (χ2v) is 5.98. The van der Waals surface area contributed by atoms with Crippen molar-refractivity contribution in [1.82, 2.24) is 9.80 Å². The van der Waals surface area contributed by atoms with E-state index in [2.05, 4.69) is 24.1 Å². The first-order valence-corrected chi connectivity index (χ1v) is 7.39. The number of amides is 2. The molecule has 1 heterocycles. The van der Waals surface area contributed by atoms with Crippen LogP contribution in [-0.2, 0) is 0 Å². The summed E-state index contributed by atoms with van der Waals surface area (Å²) in [6, 6.07) is 7.93. The molecule has 0 radical (unpaired) electrons. The third-order valence-electron chi connectivity index (χ3n) is 3.55. The summed E-state index contributed by atoms with van der Waals surface area (Å²) in [5.74, 6) is 0.683. The average molecular weight is 275 g/mol. The predicted molar refractivity (Wildman–Crippen MR) is 83.0 cm³/mol. The van der Waals surface area contributed by atoms with Crippen molar-refractivity contribution >= 4 is 11.7 Å². The van der Waals surface area contributed by atoms with Crippen molar-refractivity contribution in [3.8, 4) is 0 Å². The standard InChI is InChI=1S/C16H25N3O/c1-13(2)12-18-7-9-19(10-8-18)16(20)17-15-6-4-5-14(3)11-15/h4-6,11,13H,7-10,12H2,1-3H3,(H,17,20). The molecule has 0 aliphatic carbocycles. The summed E-state index contributed by atoms with van der Waals surface area (Å²) in [4.78, 5) is 16.5. The van der Waals surface area contributed by atoms with Crippen LogP contribution in [0.15, 0.2) is 24.3 Å². The monoisotopic (exact) mass is 275 g/mol. The maximum atomic E-state index is 12.2. The lowest BCUT2D eigenvalue weighted by Gasteiger charge is -2.35. The van der Waals surface area contributed by atoms with E-state index in [1.807, 2.05) is 36.1 Å². The molecule has 0 unspecified atom stereocenters. The summed E-state index contributed by atoms with van der Waals surface area (Å²) in [5.41, 5.74) is 2.03. The van der Waals surface area contributed by atoms with Crippen LogP contribution in [0.2, 0.25) is 0 Å². The topological polar surface area (TPSA) is 35.6 Å². The molecule has 1 aromatic rings. The highest BCUT2D eigenvalue weighted by atomic mass is 16.2. The van der Waals surface area contributed by atoms with Crippen molar-refractivity contribution in [2.45, 2.75) is 20.8 Å². The van der Waals surface area contributed by atoms with Gasteiger partial charge in [-0.25, -0.2) is 4.79 Å². The third kappa shape index (κ3) is 4.23. The number of urea groups is 1. The van der Waals surface area contributed by atoms with E-state index in [4.69, 9.17) is 0 Å². The zero-order valence-electron chi connectivity index (χ0n) is 12.7. The van der Waals surface area contributed by atoms with Crippen molar-refractivity contribution in [2.24, 2.45) is 5.92 Å². The molecule has 0 bridgehead atoms.